The normalized spacial score (nSPS) is 7.85. The summed E-state index contributed by atoms with van der Waals surface area (Å²) in [5.41, 5.74) is 6.61. The third kappa shape index (κ3) is 17.6. The summed E-state index contributed by atoms with van der Waals surface area (Å²) in [6.07, 6.45) is 0. The second kappa shape index (κ2) is 24.0. The molecule has 3 aromatic rings. The molecule has 5 N–H and O–H groups in total. The van der Waals surface area contributed by atoms with Gasteiger partial charge in [0.05, 0.1) is 14.2 Å². The Morgan fingerprint density at radius 1 is 0.636 bits per heavy atom. The number of methoxy groups -OCH3 is 2. The Labute approximate surface area is 215 Å². The highest BCUT2D eigenvalue weighted by Gasteiger charge is 1.89. The van der Waals surface area contributed by atoms with Gasteiger partial charge in [0.1, 0.15) is 17.2 Å². The Bertz CT molecular complexity index is 713. The van der Waals surface area contributed by atoms with Crippen LogP contribution in [0.25, 0.3) is 0 Å². The van der Waals surface area contributed by atoms with Crippen molar-refractivity contribution in [1.82, 2.24) is 0 Å². The average Bonchev–Trinajstić information content (AvgIpc) is 2.82. The first-order valence-corrected chi connectivity index (χ1v) is 10.3. The maximum Gasteiger partial charge on any atom is 0.119 e. The lowest BCUT2D eigenvalue weighted by Gasteiger charge is -2.00. The Hall–Kier alpha value is -2.65. The molecule has 7 heteroatoms. The van der Waals surface area contributed by atoms with Crippen molar-refractivity contribution in [2.45, 2.75) is 22.3 Å². The van der Waals surface area contributed by atoms with Gasteiger partial charge in [0.15, 0.2) is 0 Å². The summed E-state index contributed by atoms with van der Waals surface area (Å²) in [6, 6.07) is 22.6. The highest BCUT2D eigenvalue weighted by atomic mass is 127. The third-order valence-corrected chi connectivity index (χ3v) is 4.30. The van der Waals surface area contributed by atoms with E-state index < -0.39 is 0 Å². The third-order valence-electron chi connectivity index (χ3n) is 3.58. The van der Waals surface area contributed by atoms with Gasteiger partial charge >= 0.3 is 0 Å². The van der Waals surface area contributed by atoms with Crippen molar-refractivity contribution in [1.29, 1.82) is 0 Å². The molecule has 0 fully saturated rings. The predicted molar refractivity (Wildman–Crippen MR) is 156 cm³/mol. The minimum Gasteiger partial charge on any atom is -0.508 e. The lowest BCUT2D eigenvalue weighted by atomic mass is 10.3. The summed E-state index contributed by atoms with van der Waals surface area (Å²) in [4.78, 5) is 0. The summed E-state index contributed by atoms with van der Waals surface area (Å²) in [6.45, 7) is 0. The van der Waals surface area contributed by atoms with Crippen molar-refractivity contribution in [3.63, 3.8) is 0 Å². The van der Waals surface area contributed by atoms with Crippen LogP contribution in [-0.2, 0) is 0 Å². The van der Waals surface area contributed by atoms with Gasteiger partial charge in [-0.3, -0.25) is 0 Å². The van der Waals surface area contributed by atoms with Gasteiger partial charge in [-0.2, -0.15) is 0 Å². The van der Waals surface area contributed by atoms with E-state index >= 15 is 0 Å². The summed E-state index contributed by atoms with van der Waals surface area (Å²) < 4.78 is 11.2. The fraction of sp³-hybridized carbons (Fsp3) is 0.308. The summed E-state index contributed by atoms with van der Waals surface area (Å²) >= 11 is 2.26. The standard InChI is InChI=1S/C8H11NO.C7H7IO.C7H9NO.CH5N.3CH4/c1-9-7-3-5-8(10-2)6-4-7;1-9-7-4-2-6(8)3-5-7;1-8-6-2-4-7(9)5-3-6;1-2;;;/h3-6,9H,1-2H3;2-5H,1H3;2-5,8-9H,1H3;2H2,1H3;3*1H4. The van der Waals surface area contributed by atoms with Crippen LogP contribution in [0.3, 0.4) is 0 Å². The highest BCUT2D eigenvalue weighted by Crippen LogP contribution is 2.14. The van der Waals surface area contributed by atoms with E-state index in [0.29, 0.717) is 5.75 Å². The van der Waals surface area contributed by atoms with Gasteiger partial charge < -0.3 is 30.9 Å². The molecule has 0 bridgehead atoms. The number of phenols is 1. The van der Waals surface area contributed by atoms with Gasteiger partial charge in [0.2, 0.25) is 0 Å². The molecule has 0 atom stereocenters. The Morgan fingerprint density at radius 2 is 0.939 bits per heavy atom. The monoisotopic (exact) mass is 573 g/mol. The number of hydrogen-bond acceptors (Lipinski definition) is 6. The first kappa shape index (κ1) is 37.7. The molecule has 0 aliphatic heterocycles. The van der Waals surface area contributed by atoms with E-state index in [-0.39, 0.29) is 22.3 Å². The number of anilines is 2. The smallest absolute Gasteiger partial charge is 0.119 e. The highest BCUT2D eigenvalue weighted by molar-refractivity contribution is 14.1. The zero-order valence-corrected chi connectivity index (χ0v) is 20.3. The molecular weight excluding hydrogens is 529 g/mol. The van der Waals surface area contributed by atoms with E-state index in [2.05, 4.69) is 39.0 Å². The molecule has 0 heterocycles. The number of nitrogens with two attached hydrogens (primary N) is 1. The molecule has 0 aliphatic carbocycles. The van der Waals surface area contributed by atoms with Gasteiger partial charge in [-0.15, -0.1) is 0 Å². The number of halogens is 1. The molecule has 0 aliphatic rings. The molecule has 0 saturated carbocycles. The van der Waals surface area contributed by atoms with Crippen LogP contribution in [0.15, 0.2) is 72.8 Å². The van der Waals surface area contributed by atoms with Gasteiger partial charge in [-0.05, 0) is 102 Å². The van der Waals surface area contributed by atoms with E-state index in [1.54, 1.807) is 26.4 Å². The first-order chi connectivity index (χ1) is 14.5. The number of ether oxygens (including phenoxy) is 2. The van der Waals surface area contributed by atoms with Crippen molar-refractivity contribution in [2.75, 3.05) is 46.0 Å². The van der Waals surface area contributed by atoms with Crippen molar-refractivity contribution < 1.29 is 14.6 Å². The first-order valence-electron chi connectivity index (χ1n) is 9.18. The van der Waals surface area contributed by atoms with E-state index in [4.69, 9.17) is 14.6 Å². The van der Waals surface area contributed by atoms with Crippen LogP contribution >= 0.6 is 22.6 Å². The largest absolute Gasteiger partial charge is 0.508 e. The van der Waals surface area contributed by atoms with Crippen molar-refractivity contribution in [2.24, 2.45) is 5.73 Å². The topological polar surface area (TPSA) is 88.8 Å². The Kier molecular flexibility index (Phi) is 27.4. The van der Waals surface area contributed by atoms with E-state index in [9.17, 15) is 0 Å². The zero-order valence-electron chi connectivity index (χ0n) is 18.1. The van der Waals surface area contributed by atoms with Crippen LogP contribution in [0.5, 0.6) is 17.2 Å². The number of benzene rings is 3. The van der Waals surface area contributed by atoms with E-state index in [1.165, 1.54) is 10.6 Å². The number of hydrogen-bond donors (Lipinski definition) is 4. The average molecular weight is 574 g/mol. The molecular formula is C26H44IN3O3. The Balaban J connectivity index is -0.000000176. The second-order valence-corrected chi connectivity index (χ2v) is 6.68. The molecule has 6 nitrogen and oxygen atoms in total. The van der Waals surface area contributed by atoms with Crippen molar-refractivity contribution in [3.8, 4) is 17.2 Å². The second-order valence-electron chi connectivity index (χ2n) is 5.43. The molecule has 33 heavy (non-hydrogen) atoms. The number of phenolic OH excluding ortho intramolecular Hbond substituents is 1. The van der Waals surface area contributed by atoms with Crippen LogP contribution in [-0.4, -0.2) is 40.5 Å². The predicted octanol–water partition coefficient (Wildman–Crippen LogP) is 6.95. The van der Waals surface area contributed by atoms with Gasteiger partial charge in [-0.25, -0.2) is 0 Å². The minimum atomic E-state index is 0. The molecule has 3 rings (SSSR count). The molecule has 0 amide bonds. The van der Waals surface area contributed by atoms with Gasteiger partial charge in [0, 0.05) is 29.0 Å². The van der Waals surface area contributed by atoms with Gasteiger partial charge in [-0.1, -0.05) is 22.3 Å². The number of aromatic hydroxyl groups is 1. The lowest BCUT2D eigenvalue weighted by Crippen LogP contribution is -1.87. The number of nitrogens with one attached hydrogen (secondary N) is 2. The van der Waals surface area contributed by atoms with Crippen LogP contribution in [0.4, 0.5) is 11.4 Å². The van der Waals surface area contributed by atoms with Crippen molar-refractivity contribution >= 4 is 34.0 Å². The van der Waals surface area contributed by atoms with Crippen LogP contribution in [0.1, 0.15) is 22.3 Å². The molecule has 0 saturated heterocycles. The Morgan fingerprint density at radius 3 is 1.24 bits per heavy atom. The fourth-order valence-electron chi connectivity index (χ4n) is 1.96. The minimum absolute atomic E-state index is 0. The number of rotatable bonds is 4. The quantitative estimate of drug-likeness (QED) is 0.200. The molecule has 3 aromatic carbocycles. The van der Waals surface area contributed by atoms with Crippen LogP contribution in [0, 0.1) is 3.57 Å². The van der Waals surface area contributed by atoms with Crippen LogP contribution in [0.2, 0.25) is 0 Å². The SMILES string of the molecule is C.C.C.CN.CNc1ccc(O)cc1.CNc1ccc(OC)cc1.COc1ccc(I)cc1. The lowest BCUT2D eigenvalue weighted by molar-refractivity contribution is 0.414. The summed E-state index contributed by atoms with van der Waals surface area (Å²) in [5.74, 6) is 2.10. The maximum atomic E-state index is 8.82. The zero-order chi connectivity index (χ0) is 22.8. The molecule has 188 valence electrons. The fourth-order valence-corrected chi connectivity index (χ4v) is 2.32. The van der Waals surface area contributed by atoms with E-state index in [1.807, 2.05) is 74.8 Å². The van der Waals surface area contributed by atoms with Gasteiger partial charge in [0.25, 0.3) is 0 Å². The molecule has 0 spiro atoms. The molecule has 0 radical (unpaired) electrons. The maximum absolute atomic E-state index is 8.82. The summed E-state index contributed by atoms with van der Waals surface area (Å²) in [7, 11) is 8.56. The summed E-state index contributed by atoms with van der Waals surface area (Å²) in [5, 5.41) is 14.8. The molecule has 0 unspecified atom stereocenters. The van der Waals surface area contributed by atoms with Crippen LogP contribution < -0.4 is 25.8 Å². The van der Waals surface area contributed by atoms with E-state index in [0.717, 1.165) is 22.9 Å². The molecule has 0 aromatic heterocycles. The van der Waals surface area contributed by atoms with Crippen molar-refractivity contribution in [3.05, 3.63) is 76.4 Å².